The Kier molecular flexibility index (Phi) is 6.98. The van der Waals surface area contributed by atoms with E-state index in [0.717, 1.165) is 25.3 Å². The van der Waals surface area contributed by atoms with Crippen molar-refractivity contribution in [2.24, 2.45) is 0 Å². The van der Waals surface area contributed by atoms with Gasteiger partial charge < -0.3 is 5.32 Å². The van der Waals surface area contributed by atoms with Gasteiger partial charge in [0.2, 0.25) is 0 Å². The van der Waals surface area contributed by atoms with Gasteiger partial charge in [0.25, 0.3) is 0 Å². The van der Waals surface area contributed by atoms with Gasteiger partial charge in [0.15, 0.2) is 0 Å². The molecule has 1 rings (SSSR count). The van der Waals surface area contributed by atoms with E-state index in [-0.39, 0.29) is 5.54 Å². The largest absolute Gasteiger partial charge is 0.308 e. The van der Waals surface area contributed by atoms with Crippen molar-refractivity contribution in [1.82, 2.24) is 10.2 Å². The van der Waals surface area contributed by atoms with Gasteiger partial charge in [-0.1, -0.05) is 20.8 Å². The maximum Gasteiger partial charge on any atom is 0.0304 e. The summed E-state index contributed by atoms with van der Waals surface area (Å²) in [5.74, 6) is 0.826. The molecular weight excluding hydrogens is 256 g/mol. The molecule has 0 spiro atoms. The molecule has 1 aliphatic rings. The van der Waals surface area contributed by atoms with Crippen LogP contribution in [0.15, 0.2) is 0 Å². The SMILES string of the molecule is CCC1CNC(CC)(CC)CN1C(C)CCS(C)=O. The molecule has 0 bridgehead atoms. The van der Waals surface area contributed by atoms with Gasteiger partial charge in [-0.05, 0) is 32.6 Å². The van der Waals surface area contributed by atoms with E-state index in [0.29, 0.717) is 12.1 Å². The summed E-state index contributed by atoms with van der Waals surface area (Å²) < 4.78 is 11.3. The number of hydrogen-bond acceptors (Lipinski definition) is 3. The van der Waals surface area contributed by atoms with Crippen LogP contribution in [0.5, 0.6) is 0 Å². The molecule has 0 radical (unpaired) electrons. The molecule has 1 fully saturated rings. The Morgan fingerprint density at radius 1 is 1.37 bits per heavy atom. The second kappa shape index (κ2) is 7.75. The van der Waals surface area contributed by atoms with Crippen molar-refractivity contribution in [3.63, 3.8) is 0 Å². The molecule has 0 saturated carbocycles. The Balaban J connectivity index is 2.71. The molecule has 0 aliphatic carbocycles. The van der Waals surface area contributed by atoms with Gasteiger partial charge in [0, 0.05) is 53.5 Å². The molecule has 3 atom stereocenters. The van der Waals surface area contributed by atoms with E-state index in [1.807, 2.05) is 6.26 Å². The van der Waals surface area contributed by atoms with Crippen molar-refractivity contribution in [3.8, 4) is 0 Å². The summed E-state index contributed by atoms with van der Waals surface area (Å²) in [7, 11) is -0.669. The molecule has 4 heteroatoms. The molecule has 0 amide bonds. The van der Waals surface area contributed by atoms with Crippen LogP contribution in [0.25, 0.3) is 0 Å². The summed E-state index contributed by atoms with van der Waals surface area (Å²) in [6.07, 6.45) is 6.41. The highest BCUT2D eigenvalue weighted by atomic mass is 32.2. The van der Waals surface area contributed by atoms with Crippen LogP contribution in [0.3, 0.4) is 0 Å². The number of hydrogen-bond donors (Lipinski definition) is 1. The van der Waals surface area contributed by atoms with Crippen LogP contribution >= 0.6 is 0 Å². The number of nitrogens with zero attached hydrogens (tertiary/aromatic N) is 1. The minimum atomic E-state index is -0.669. The summed E-state index contributed by atoms with van der Waals surface area (Å²) in [6, 6.07) is 1.17. The minimum absolute atomic E-state index is 0.283. The van der Waals surface area contributed by atoms with Gasteiger partial charge in [-0.3, -0.25) is 9.11 Å². The summed E-state index contributed by atoms with van der Waals surface area (Å²) in [6.45, 7) is 11.4. The van der Waals surface area contributed by atoms with Crippen molar-refractivity contribution in [2.45, 2.75) is 71.0 Å². The van der Waals surface area contributed by atoms with Gasteiger partial charge in [0.05, 0.1) is 0 Å². The van der Waals surface area contributed by atoms with Crippen LogP contribution in [0, 0.1) is 0 Å². The van der Waals surface area contributed by atoms with Crippen molar-refractivity contribution in [2.75, 3.05) is 25.1 Å². The summed E-state index contributed by atoms with van der Waals surface area (Å²) >= 11 is 0. The van der Waals surface area contributed by atoms with Crippen LogP contribution < -0.4 is 5.32 Å². The predicted molar refractivity (Wildman–Crippen MR) is 85.1 cm³/mol. The second-order valence-electron chi connectivity index (χ2n) is 6.02. The van der Waals surface area contributed by atoms with E-state index in [1.165, 1.54) is 19.3 Å². The van der Waals surface area contributed by atoms with Gasteiger partial charge >= 0.3 is 0 Å². The third-order valence-electron chi connectivity index (χ3n) is 4.88. The highest BCUT2D eigenvalue weighted by Crippen LogP contribution is 2.26. The zero-order chi connectivity index (χ0) is 14.5. The van der Waals surface area contributed by atoms with E-state index in [1.54, 1.807) is 0 Å². The lowest BCUT2D eigenvalue weighted by atomic mass is 9.87. The van der Waals surface area contributed by atoms with Gasteiger partial charge in [-0.25, -0.2) is 0 Å². The molecule has 1 heterocycles. The standard InChI is InChI=1S/C15H32N2OS/c1-6-14-11-16-15(7-2,8-3)12-17(14)13(4)9-10-19(5)18/h13-14,16H,6-12H2,1-5H3. The van der Waals surface area contributed by atoms with Crippen LogP contribution in [-0.2, 0) is 10.8 Å². The molecule has 1 aliphatic heterocycles. The maximum absolute atomic E-state index is 11.3. The normalized spacial score (nSPS) is 27.1. The fourth-order valence-electron chi connectivity index (χ4n) is 3.11. The van der Waals surface area contributed by atoms with E-state index in [9.17, 15) is 4.21 Å². The van der Waals surface area contributed by atoms with Crippen LogP contribution in [0.1, 0.15) is 53.4 Å². The van der Waals surface area contributed by atoms with E-state index >= 15 is 0 Å². The first-order valence-electron chi connectivity index (χ1n) is 7.78. The van der Waals surface area contributed by atoms with Gasteiger partial charge in [-0.2, -0.15) is 0 Å². The monoisotopic (exact) mass is 288 g/mol. The van der Waals surface area contributed by atoms with Gasteiger partial charge in [-0.15, -0.1) is 0 Å². The minimum Gasteiger partial charge on any atom is -0.308 e. The lowest BCUT2D eigenvalue weighted by molar-refractivity contribution is 0.0396. The molecule has 0 aromatic rings. The smallest absolute Gasteiger partial charge is 0.0304 e. The van der Waals surface area contributed by atoms with Crippen LogP contribution in [-0.4, -0.2) is 51.8 Å². The van der Waals surface area contributed by atoms with E-state index in [2.05, 4.69) is 37.9 Å². The topological polar surface area (TPSA) is 32.3 Å². The van der Waals surface area contributed by atoms with E-state index < -0.39 is 10.8 Å². The first-order valence-corrected chi connectivity index (χ1v) is 9.51. The Bertz CT molecular complexity index is 292. The third kappa shape index (κ3) is 4.54. The third-order valence-corrected chi connectivity index (χ3v) is 5.69. The van der Waals surface area contributed by atoms with Crippen molar-refractivity contribution < 1.29 is 4.21 Å². The molecule has 19 heavy (non-hydrogen) atoms. The Morgan fingerprint density at radius 2 is 2.00 bits per heavy atom. The number of nitrogens with one attached hydrogen (secondary N) is 1. The summed E-state index contributed by atoms with van der Waals surface area (Å²) in [4.78, 5) is 2.66. The number of piperazine rings is 1. The predicted octanol–water partition coefficient (Wildman–Crippen LogP) is 2.39. The van der Waals surface area contributed by atoms with Crippen molar-refractivity contribution in [1.29, 1.82) is 0 Å². The summed E-state index contributed by atoms with van der Waals surface area (Å²) in [5.41, 5.74) is 0.283. The first kappa shape index (κ1) is 17.1. The van der Waals surface area contributed by atoms with Crippen molar-refractivity contribution in [3.05, 3.63) is 0 Å². The molecule has 0 aromatic carbocycles. The zero-order valence-corrected chi connectivity index (χ0v) is 14.2. The Labute approximate surface area is 122 Å². The average molecular weight is 289 g/mol. The lowest BCUT2D eigenvalue weighted by Gasteiger charge is -2.49. The van der Waals surface area contributed by atoms with Crippen LogP contribution in [0.2, 0.25) is 0 Å². The molecule has 1 saturated heterocycles. The first-order chi connectivity index (χ1) is 8.98. The molecule has 1 N–H and O–H groups in total. The maximum atomic E-state index is 11.3. The Morgan fingerprint density at radius 3 is 2.47 bits per heavy atom. The average Bonchev–Trinajstić information content (AvgIpc) is 2.43. The fraction of sp³-hybridized carbons (Fsp3) is 1.00. The quantitative estimate of drug-likeness (QED) is 0.781. The molecule has 3 unspecified atom stereocenters. The van der Waals surface area contributed by atoms with Gasteiger partial charge in [0.1, 0.15) is 0 Å². The lowest BCUT2D eigenvalue weighted by Crippen LogP contribution is -2.65. The van der Waals surface area contributed by atoms with Crippen LogP contribution in [0.4, 0.5) is 0 Å². The fourth-order valence-corrected chi connectivity index (χ4v) is 3.78. The molecule has 0 aromatic heterocycles. The summed E-state index contributed by atoms with van der Waals surface area (Å²) in [5, 5.41) is 3.78. The second-order valence-corrected chi connectivity index (χ2v) is 7.57. The van der Waals surface area contributed by atoms with Crippen molar-refractivity contribution >= 4 is 10.8 Å². The highest BCUT2D eigenvalue weighted by Gasteiger charge is 2.37. The molecular formula is C15H32N2OS. The Hall–Kier alpha value is 0.0700. The molecule has 114 valence electrons. The van der Waals surface area contributed by atoms with E-state index in [4.69, 9.17) is 0 Å². The zero-order valence-electron chi connectivity index (χ0n) is 13.4. The highest BCUT2D eigenvalue weighted by molar-refractivity contribution is 7.84. The molecule has 3 nitrogen and oxygen atoms in total. The number of rotatable bonds is 7.